The molecule has 1 aromatic carbocycles. The van der Waals surface area contributed by atoms with Crippen LogP contribution >= 0.6 is 0 Å². The van der Waals surface area contributed by atoms with Crippen LogP contribution in [-0.4, -0.2) is 33.1 Å². The minimum atomic E-state index is -0.285. The van der Waals surface area contributed by atoms with Gasteiger partial charge in [-0.25, -0.2) is 0 Å². The minimum Gasteiger partial charge on any atom is -0.352 e. The molecule has 26 heavy (non-hydrogen) atoms. The van der Waals surface area contributed by atoms with E-state index in [2.05, 4.69) is 32.0 Å². The molecule has 7 nitrogen and oxygen atoms in total. The topological polar surface area (TPSA) is 88.9 Å². The Kier molecular flexibility index (Phi) is 5.78. The highest BCUT2D eigenvalue weighted by Crippen LogP contribution is 2.24. The second-order valence-electron chi connectivity index (χ2n) is 6.28. The van der Waals surface area contributed by atoms with Gasteiger partial charge in [-0.05, 0) is 31.1 Å². The summed E-state index contributed by atoms with van der Waals surface area (Å²) in [7, 11) is 0. The molecule has 1 aliphatic heterocycles. The van der Waals surface area contributed by atoms with Crippen molar-refractivity contribution >= 4 is 17.5 Å². The van der Waals surface area contributed by atoms with E-state index in [4.69, 9.17) is 0 Å². The van der Waals surface area contributed by atoms with Crippen molar-refractivity contribution in [3.8, 4) is 11.4 Å². The van der Waals surface area contributed by atoms with Crippen LogP contribution in [0.5, 0.6) is 0 Å². The SMILES string of the molecule is C=CC(=O)NCCC(=O)Nc1cccc(-c2nnc3n2CCCCC3)c1. The van der Waals surface area contributed by atoms with E-state index in [-0.39, 0.29) is 24.8 Å². The fraction of sp³-hybridized carbons (Fsp3) is 0.368. The molecule has 3 rings (SSSR count). The summed E-state index contributed by atoms with van der Waals surface area (Å²) in [6.07, 6.45) is 5.83. The van der Waals surface area contributed by atoms with Crippen LogP contribution in [0.4, 0.5) is 5.69 Å². The van der Waals surface area contributed by atoms with Crippen molar-refractivity contribution in [2.24, 2.45) is 0 Å². The number of fused-ring (bicyclic) bond motifs is 1. The normalized spacial score (nSPS) is 13.4. The lowest BCUT2D eigenvalue weighted by atomic mass is 10.2. The molecule has 0 fully saturated rings. The summed E-state index contributed by atoms with van der Waals surface area (Å²) < 4.78 is 2.18. The summed E-state index contributed by atoms with van der Waals surface area (Å²) >= 11 is 0. The number of hydrogen-bond acceptors (Lipinski definition) is 4. The summed E-state index contributed by atoms with van der Waals surface area (Å²) in [4.78, 5) is 23.1. The fourth-order valence-corrected chi connectivity index (χ4v) is 3.03. The summed E-state index contributed by atoms with van der Waals surface area (Å²) in [5, 5.41) is 14.1. The highest BCUT2D eigenvalue weighted by molar-refractivity contribution is 5.92. The van der Waals surface area contributed by atoms with Crippen molar-refractivity contribution in [2.75, 3.05) is 11.9 Å². The molecule has 1 aliphatic rings. The second-order valence-corrected chi connectivity index (χ2v) is 6.28. The van der Waals surface area contributed by atoms with E-state index in [1.807, 2.05) is 24.3 Å². The van der Waals surface area contributed by atoms with Crippen molar-refractivity contribution in [1.29, 1.82) is 0 Å². The van der Waals surface area contributed by atoms with Crippen molar-refractivity contribution < 1.29 is 9.59 Å². The first-order valence-corrected chi connectivity index (χ1v) is 8.90. The Morgan fingerprint density at radius 1 is 1.23 bits per heavy atom. The Labute approximate surface area is 152 Å². The Morgan fingerprint density at radius 3 is 2.96 bits per heavy atom. The maximum Gasteiger partial charge on any atom is 0.243 e. The van der Waals surface area contributed by atoms with Gasteiger partial charge in [-0.2, -0.15) is 0 Å². The molecule has 1 aromatic heterocycles. The molecule has 2 heterocycles. The van der Waals surface area contributed by atoms with Crippen molar-refractivity contribution in [3.63, 3.8) is 0 Å². The van der Waals surface area contributed by atoms with E-state index in [0.29, 0.717) is 5.69 Å². The van der Waals surface area contributed by atoms with Gasteiger partial charge in [0.25, 0.3) is 0 Å². The quantitative estimate of drug-likeness (QED) is 0.780. The molecule has 0 radical (unpaired) electrons. The molecule has 2 aromatic rings. The predicted octanol–water partition coefficient (Wildman–Crippen LogP) is 2.30. The van der Waals surface area contributed by atoms with Crippen molar-refractivity contribution in [1.82, 2.24) is 20.1 Å². The van der Waals surface area contributed by atoms with Crippen LogP contribution in [0.15, 0.2) is 36.9 Å². The maximum atomic E-state index is 12.0. The van der Waals surface area contributed by atoms with Gasteiger partial charge < -0.3 is 15.2 Å². The third-order valence-corrected chi connectivity index (χ3v) is 4.35. The van der Waals surface area contributed by atoms with Gasteiger partial charge in [0, 0.05) is 37.2 Å². The van der Waals surface area contributed by atoms with Gasteiger partial charge in [0.2, 0.25) is 11.8 Å². The molecular weight excluding hydrogens is 330 g/mol. The zero-order valence-electron chi connectivity index (χ0n) is 14.7. The molecule has 0 spiro atoms. The van der Waals surface area contributed by atoms with Gasteiger partial charge >= 0.3 is 0 Å². The third kappa shape index (κ3) is 4.36. The van der Waals surface area contributed by atoms with E-state index < -0.39 is 0 Å². The number of aryl methyl sites for hydroxylation is 1. The Hall–Kier alpha value is -2.96. The van der Waals surface area contributed by atoms with Gasteiger partial charge in [-0.1, -0.05) is 25.1 Å². The predicted molar refractivity (Wildman–Crippen MR) is 99.5 cm³/mol. The Bertz CT molecular complexity index is 812. The first-order valence-electron chi connectivity index (χ1n) is 8.90. The fourth-order valence-electron chi connectivity index (χ4n) is 3.03. The number of nitrogens with one attached hydrogen (secondary N) is 2. The molecule has 2 amide bonds. The number of carbonyl (C=O) groups excluding carboxylic acids is 2. The average Bonchev–Trinajstić information content (AvgIpc) is 2.90. The Morgan fingerprint density at radius 2 is 2.12 bits per heavy atom. The third-order valence-electron chi connectivity index (χ3n) is 4.35. The highest BCUT2D eigenvalue weighted by Gasteiger charge is 2.16. The molecule has 136 valence electrons. The van der Waals surface area contributed by atoms with Crippen LogP contribution in [-0.2, 0) is 22.6 Å². The molecule has 0 aliphatic carbocycles. The number of hydrogen-bond donors (Lipinski definition) is 2. The number of benzene rings is 1. The van der Waals surface area contributed by atoms with E-state index in [0.717, 1.165) is 43.0 Å². The van der Waals surface area contributed by atoms with Gasteiger partial charge in [0.15, 0.2) is 5.82 Å². The number of rotatable bonds is 6. The molecule has 0 unspecified atom stereocenters. The van der Waals surface area contributed by atoms with Crippen molar-refractivity contribution in [2.45, 2.75) is 38.6 Å². The lowest BCUT2D eigenvalue weighted by Crippen LogP contribution is -2.25. The summed E-state index contributed by atoms with van der Waals surface area (Å²) in [5.74, 6) is 1.43. The molecule has 7 heteroatoms. The van der Waals surface area contributed by atoms with Crippen LogP contribution in [0.1, 0.15) is 31.5 Å². The molecule has 0 saturated carbocycles. The van der Waals surface area contributed by atoms with Crippen LogP contribution in [0.25, 0.3) is 11.4 Å². The van der Waals surface area contributed by atoms with Crippen LogP contribution in [0.2, 0.25) is 0 Å². The number of carbonyl (C=O) groups is 2. The van der Waals surface area contributed by atoms with Crippen LogP contribution < -0.4 is 10.6 Å². The zero-order valence-corrected chi connectivity index (χ0v) is 14.7. The lowest BCUT2D eigenvalue weighted by Gasteiger charge is -2.09. The first kappa shape index (κ1) is 17.8. The number of amides is 2. The molecule has 2 N–H and O–H groups in total. The van der Waals surface area contributed by atoms with E-state index in [1.54, 1.807) is 0 Å². The minimum absolute atomic E-state index is 0.161. The van der Waals surface area contributed by atoms with E-state index >= 15 is 0 Å². The number of anilines is 1. The molecule has 0 atom stereocenters. The van der Waals surface area contributed by atoms with E-state index in [9.17, 15) is 9.59 Å². The van der Waals surface area contributed by atoms with Crippen LogP contribution in [0.3, 0.4) is 0 Å². The number of nitrogens with zero attached hydrogens (tertiary/aromatic N) is 3. The van der Waals surface area contributed by atoms with Gasteiger partial charge in [-0.3, -0.25) is 9.59 Å². The number of aromatic nitrogens is 3. The molecular formula is C19H23N5O2. The van der Waals surface area contributed by atoms with Gasteiger partial charge in [0.05, 0.1) is 0 Å². The molecule has 0 saturated heterocycles. The highest BCUT2D eigenvalue weighted by atomic mass is 16.2. The first-order chi connectivity index (χ1) is 12.7. The van der Waals surface area contributed by atoms with E-state index in [1.165, 1.54) is 12.5 Å². The standard InChI is InChI=1S/C19H23N5O2/c1-2-17(25)20-11-10-18(26)21-15-8-6-7-14(13-15)19-23-22-16-9-4-3-5-12-24(16)19/h2,6-8,13H,1,3-5,9-12H2,(H,20,25)(H,21,26). The largest absolute Gasteiger partial charge is 0.352 e. The second kappa shape index (κ2) is 8.42. The van der Waals surface area contributed by atoms with Crippen molar-refractivity contribution in [3.05, 3.63) is 42.7 Å². The monoisotopic (exact) mass is 353 g/mol. The Balaban J connectivity index is 1.67. The average molecular weight is 353 g/mol. The summed E-state index contributed by atoms with van der Waals surface area (Å²) in [5.41, 5.74) is 1.64. The zero-order chi connectivity index (χ0) is 18.4. The van der Waals surface area contributed by atoms with Crippen LogP contribution in [0, 0.1) is 0 Å². The lowest BCUT2D eigenvalue weighted by molar-refractivity contribution is -0.117. The molecule has 0 bridgehead atoms. The maximum absolute atomic E-state index is 12.0. The smallest absolute Gasteiger partial charge is 0.243 e. The van der Waals surface area contributed by atoms with Gasteiger partial charge in [0.1, 0.15) is 5.82 Å². The summed E-state index contributed by atoms with van der Waals surface area (Å²) in [6, 6.07) is 7.61. The van der Waals surface area contributed by atoms with Gasteiger partial charge in [-0.15, -0.1) is 10.2 Å². The summed E-state index contributed by atoms with van der Waals surface area (Å²) in [6.45, 7) is 4.57.